The van der Waals surface area contributed by atoms with Crippen LogP contribution in [-0.2, 0) is 9.53 Å². The van der Waals surface area contributed by atoms with Gasteiger partial charge in [0.2, 0.25) is 0 Å². The van der Waals surface area contributed by atoms with E-state index in [0.717, 1.165) is 0 Å². The van der Waals surface area contributed by atoms with Gasteiger partial charge in [-0.15, -0.1) is 0 Å². The van der Waals surface area contributed by atoms with E-state index in [1.807, 2.05) is 0 Å². The minimum Gasteiger partial charge on any atom is -0.485 e. The van der Waals surface area contributed by atoms with Crippen LogP contribution < -0.4 is 10.1 Å². The average Bonchev–Trinajstić information content (AvgIpc) is 3.09. The fourth-order valence-corrected chi connectivity index (χ4v) is 2.92. The summed E-state index contributed by atoms with van der Waals surface area (Å²) in [6, 6.07) is 9.71. The summed E-state index contributed by atoms with van der Waals surface area (Å²) in [6.07, 6.45) is -0.414. The van der Waals surface area contributed by atoms with Crippen LogP contribution in [-0.4, -0.2) is 42.7 Å². The lowest BCUT2D eigenvalue weighted by Crippen LogP contribution is -2.43. The third-order valence-corrected chi connectivity index (χ3v) is 4.22. The summed E-state index contributed by atoms with van der Waals surface area (Å²) in [5, 5.41) is 2.60. The predicted molar refractivity (Wildman–Crippen MR) is 93.4 cm³/mol. The lowest BCUT2D eigenvalue weighted by atomic mass is 10.2. The second-order valence-electron chi connectivity index (χ2n) is 6.03. The van der Waals surface area contributed by atoms with Crippen molar-refractivity contribution < 1.29 is 27.8 Å². The lowest BCUT2D eigenvalue weighted by Gasteiger charge is -2.22. The van der Waals surface area contributed by atoms with Gasteiger partial charge in [-0.2, -0.15) is 0 Å². The number of benzene rings is 2. The van der Waals surface area contributed by atoms with Crippen LogP contribution in [0.1, 0.15) is 6.42 Å². The SMILES string of the molecule is COC(=O)C1CC(Oc2ccccc2F)CN1C(=O)Nc1ccc(F)cc1. The lowest BCUT2D eigenvalue weighted by molar-refractivity contribution is -0.144. The Hall–Kier alpha value is -3.16. The Kier molecular flexibility index (Phi) is 5.54. The van der Waals surface area contributed by atoms with E-state index >= 15 is 0 Å². The number of ether oxygens (including phenoxy) is 2. The minimum absolute atomic E-state index is 0.0481. The van der Waals surface area contributed by atoms with Gasteiger partial charge in [-0.1, -0.05) is 12.1 Å². The molecule has 2 amide bonds. The predicted octanol–water partition coefficient (Wildman–Crippen LogP) is 3.19. The van der Waals surface area contributed by atoms with E-state index in [1.54, 1.807) is 6.07 Å². The van der Waals surface area contributed by atoms with E-state index in [1.165, 1.54) is 54.5 Å². The summed E-state index contributed by atoms with van der Waals surface area (Å²) in [5.41, 5.74) is 0.378. The molecule has 0 aromatic heterocycles. The topological polar surface area (TPSA) is 67.9 Å². The van der Waals surface area contributed by atoms with Crippen LogP contribution in [0.5, 0.6) is 5.75 Å². The number of hydrogen-bond acceptors (Lipinski definition) is 4. The zero-order chi connectivity index (χ0) is 19.4. The van der Waals surface area contributed by atoms with E-state index in [4.69, 9.17) is 9.47 Å². The smallest absolute Gasteiger partial charge is 0.328 e. The fourth-order valence-electron chi connectivity index (χ4n) is 2.92. The molecule has 2 aromatic carbocycles. The van der Waals surface area contributed by atoms with Crippen molar-refractivity contribution in [3.63, 3.8) is 0 Å². The number of anilines is 1. The molecule has 6 nitrogen and oxygen atoms in total. The summed E-state index contributed by atoms with van der Waals surface area (Å²) < 4.78 is 37.2. The molecule has 3 rings (SSSR count). The molecule has 1 heterocycles. The molecule has 2 unspecified atom stereocenters. The van der Waals surface area contributed by atoms with Gasteiger partial charge in [0, 0.05) is 12.1 Å². The van der Waals surface area contributed by atoms with Crippen molar-refractivity contribution >= 4 is 17.7 Å². The maximum atomic E-state index is 13.8. The van der Waals surface area contributed by atoms with Crippen LogP contribution >= 0.6 is 0 Å². The van der Waals surface area contributed by atoms with Crippen LogP contribution in [0.3, 0.4) is 0 Å². The minimum atomic E-state index is -0.868. The molecule has 8 heteroatoms. The molecular formula is C19H18F2N2O4. The van der Waals surface area contributed by atoms with E-state index in [2.05, 4.69) is 5.32 Å². The van der Waals surface area contributed by atoms with Crippen LogP contribution in [0.4, 0.5) is 19.3 Å². The molecule has 1 N–H and O–H groups in total. The van der Waals surface area contributed by atoms with E-state index in [-0.39, 0.29) is 18.7 Å². The molecular weight excluding hydrogens is 358 g/mol. The summed E-state index contributed by atoms with van der Waals surface area (Å²) in [6.45, 7) is 0.0706. The molecule has 142 valence electrons. The maximum Gasteiger partial charge on any atom is 0.328 e. The summed E-state index contributed by atoms with van der Waals surface area (Å²) >= 11 is 0. The molecule has 0 spiro atoms. The van der Waals surface area contributed by atoms with Crippen molar-refractivity contribution in [2.75, 3.05) is 19.0 Å². The van der Waals surface area contributed by atoms with Crippen molar-refractivity contribution in [1.82, 2.24) is 4.90 Å². The fraction of sp³-hybridized carbons (Fsp3) is 0.263. The molecule has 1 aliphatic heterocycles. The highest BCUT2D eigenvalue weighted by molar-refractivity contribution is 5.93. The number of para-hydroxylation sites is 1. The first kappa shape index (κ1) is 18.6. The molecule has 1 aliphatic rings. The number of amides is 2. The van der Waals surface area contributed by atoms with Crippen LogP contribution in [0.2, 0.25) is 0 Å². The Morgan fingerprint density at radius 3 is 2.48 bits per heavy atom. The Labute approximate surface area is 154 Å². The summed E-state index contributed by atoms with van der Waals surface area (Å²) in [4.78, 5) is 25.9. The highest BCUT2D eigenvalue weighted by atomic mass is 19.1. The maximum absolute atomic E-state index is 13.8. The third-order valence-electron chi connectivity index (χ3n) is 4.22. The van der Waals surface area contributed by atoms with Gasteiger partial charge in [0.15, 0.2) is 11.6 Å². The Morgan fingerprint density at radius 2 is 1.81 bits per heavy atom. The first-order valence-electron chi connectivity index (χ1n) is 8.30. The summed E-state index contributed by atoms with van der Waals surface area (Å²) in [5.74, 6) is -1.50. The van der Waals surface area contributed by atoms with Crippen molar-refractivity contribution in [1.29, 1.82) is 0 Å². The highest BCUT2D eigenvalue weighted by Crippen LogP contribution is 2.26. The molecule has 0 radical (unpaired) electrons. The van der Waals surface area contributed by atoms with Crippen molar-refractivity contribution in [2.45, 2.75) is 18.6 Å². The van der Waals surface area contributed by atoms with Gasteiger partial charge >= 0.3 is 12.0 Å². The number of methoxy groups -OCH3 is 1. The van der Waals surface area contributed by atoms with Gasteiger partial charge in [0.25, 0.3) is 0 Å². The van der Waals surface area contributed by atoms with E-state index in [9.17, 15) is 18.4 Å². The number of likely N-dealkylation sites (tertiary alicyclic amines) is 1. The molecule has 27 heavy (non-hydrogen) atoms. The largest absolute Gasteiger partial charge is 0.485 e. The van der Waals surface area contributed by atoms with Gasteiger partial charge in [-0.05, 0) is 36.4 Å². The second kappa shape index (κ2) is 8.03. The number of rotatable bonds is 4. The number of carbonyl (C=O) groups excluding carboxylic acids is 2. The van der Waals surface area contributed by atoms with Crippen LogP contribution in [0, 0.1) is 11.6 Å². The molecule has 1 saturated heterocycles. The van der Waals surface area contributed by atoms with Gasteiger partial charge in [-0.3, -0.25) is 0 Å². The second-order valence-corrected chi connectivity index (χ2v) is 6.03. The third kappa shape index (κ3) is 4.33. The first-order chi connectivity index (χ1) is 13.0. The Balaban J connectivity index is 1.73. The van der Waals surface area contributed by atoms with Crippen molar-refractivity contribution in [3.05, 3.63) is 60.2 Å². The molecule has 2 aromatic rings. The van der Waals surface area contributed by atoms with E-state index in [0.29, 0.717) is 5.69 Å². The highest BCUT2D eigenvalue weighted by Gasteiger charge is 2.41. The Morgan fingerprint density at radius 1 is 1.11 bits per heavy atom. The number of urea groups is 1. The Bertz CT molecular complexity index is 829. The number of carbonyl (C=O) groups is 2. The number of nitrogens with one attached hydrogen (secondary N) is 1. The van der Waals surface area contributed by atoms with Crippen LogP contribution in [0.15, 0.2) is 48.5 Å². The van der Waals surface area contributed by atoms with Gasteiger partial charge in [-0.25, -0.2) is 18.4 Å². The van der Waals surface area contributed by atoms with E-state index < -0.39 is 35.8 Å². The monoisotopic (exact) mass is 376 g/mol. The molecule has 2 atom stereocenters. The zero-order valence-electron chi connectivity index (χ0n) is 14.5. The number of hydrogen-bond donors (Lipinski definition) is 1. The number of halogens is 2. The van der Waals surface area contributed by atoms with Crippen LogP contribution in [0.25, 0.3) is 0 Å². The van der Waals surface area contributed by atoms with Gasteiger partial charge < -0.3 is 19.7 Å². The molecule has 0 bridgehead atoms. The summed E-state index contributed by atoms with van der Waals surface area (Å²) in [7, 11) is 1.23. The molecule has 0 saturated carbocycles. The number of esters is 1. The standard InChI is InChI=1S/C19H18F2N2O4/c1-26-18(24)16-10-14(27-17-5-3-2-4-15(17)21)11-23(16)19(25)22-13-8-6-12(20)7-9-13/h2-9,14,16H,10-11H2,1H3,(H,22,25). The zero-order valence-corrected chi connectivity index (χ0v) is 14.5. The van der Waals surface area contributed by atoms with Crippen molar-refractivity contribution in [2.24, 2.45) is 0 Å². The van der Waals surface area contributed by atoms with Crippen molar-refractivity contribution in [3.8, 4) is 5.75 Å². The molecule has 1 fully saturated rings. The molecule has 0 aliphatic carbocycles. The quantitative estimate of drug-likeness (QED) is 0.833. The average molecular weight is 376 g/mol. The van der Waals surface area contributed by atoms with Gasteiger partial charge in [0.05, 0.1) is 13.7 Å². The first-order valence-corrected chi connectivity index (χ1v) is 8.30. The number of nitrogens with zero attached hydrogens (tertiary/aromatic N) is 1. The van der Waals surface area contributed by atoms with Gasteiger partial charge in [0.1, 0.15) is 18.0 Å². The normalized spacial score (nSPS) is 18.9.